The minimum Gasteiger partial charge on any atom is -0.389 e. The summed E-state index contributed by atoms with van der Waals surface area (Å²) in [5.74, 6) is 0. The number of aliphatic hydroxyl groups is 1. The predicted octanol–water partition coefficient (Wildman–Crippen LogP) is 1.64. The van der Waals surface area contributed by atoms with Crippen LogP contribution in [0.4, 0.5) is 0 Å². The SMILES string of the molecule is CCC(C)(O)CNCc1ccc(C)nc1. The Bertz CT molecular complexity index is 293. The third-order valence-corrected chi connectivity index (χ3v) is 2.57. The highest BCUT2D eigenvalue weighted by molar-refractivity contribution is 5.12. The molecule has 1 heterocycles. The number of nitrogens with zero attached hydrogens (tertiary/aromatic N) is 1. The van der Waals surface area contributed by atoms with Crippen LogP contribution in [0.2, 0.25) is 0 Å². The summed E-state index contributed by atoms with van der Waals surface area (Å²) in [4.78, 5) is 4.21. The Kier molecular flexibility index (Phi) is 4.24. The molecule has 3 heteroatoms. The van der Waals surface area contributed by atoms with Crippen molar-refractivity contribution in [2.45, 2.75) is 39.3 Å². The molecule has 0 aliphatic carbocycles. The molecule has 84 valence electrons. The smallest absolute Gasteiger partial charge is 0.0741 e. The van der Waals surface area contributed by atoms with Crippen LogP contribution in [0.15, 0.2) is 18.3 Å². The van der Waals surface area contributed by atoms with Crippen LogP contribution in [0.5, 0.6) is 0 Å². The third-order valence-electron chi connectivity index (χ3n) is 2.57. The summed E-state index contributed by atoms with van der Waals surface area (Å²) >= 11 is 0. The van der Waals surface area contributed by atoms with Crippen molar-refractivity contribution in [1.29, 1.82) is 0 Å². The van der Waals surface area contributed by atoms with Crippen molar-refractivity contribution >= 4 is 0 Å². The van der Waals surface area contributed by atoms with Crippen LogP contribution in [0.3, 0.4) is 0 Å². The standard InChI is InChI=1S/C12H20N2O/c1-4-12(3,15)9-13-7-11-6-5-10(2)14-8-11/h5-6,8,13,15H,4,7,9H2,1-3H3. The molecule has 0 radical (unpaired) electrons. The van der Waals surface area contributed by atoms with E-state index in [1.807, 2.05) is 33.0 Å². The number of nitrogens with one attached hydrogen (secondary N) is 1. The fourth-order valence-electron chi connectivity index (χ4n) is 1.20. The largest absolute Gasteiger partial charge is 0.389 e. The Hall–Kier alpha value is -0.930. The van der Waals surface area contributed by atoms with Gasteiger partial charge in [0.2, 0.25) is 0 Å². The van der Waals surface area contributed by atoms with Crippen molar-refractivity contribution in [3.8, 4) is 0 Å². The third kappa shape index (κ3) is 4.40. The molecule has 1 atom stereocenters. The van der Waals surface area contributed by atoms with Gasteiger partial charge in [-0.25, -0.2) is 0 Å². The van der Waals surface area contributed by atoms with Gasteiger partial charge in [-0.05, 0) is 31.9 Å². The number of hydrogen-bond acceptors (Lipinski definition) is 3. The van der Waals surface area contributed by atoms with Crippen molar-refractivity contribution in [3.05, 3.63) is 29.6 Å². The van der Waals surface area contributed by atoms with Gasteiger partial charge in [0, 0.05) is 25.0 Å². The maximum atomic E-state index is 9.77. The van der Waals surface area contributed by atoms with E-state index in [0.29, 0.717) is 6.54 Å². The van der Waals surface area contributed by atoms with Gasteiger partial charge >= 0.3 is 0 Å². The number of pyridine rings is 1. The second-order valence-corrected chi connectivity index (χ2v) is 4.26. The van der Waals surface area contributed by atoms with Crippen molar-refractivity contribution < 1.29 is 5.11 Å². The second-order valence-electron chi connectivity index (χ2n) is 4.26. The van der Waals surface area contributed by atoms with E-state index >= 15 is 0 Å². The van der Waals surface area contributed by atoms with Gasteiger partial charge in [-0.1, -0.05) is 13.0 Å². The van der Waals surface area contributed by atoms with E-state index in [9.17, 15) is 5.11 Å². The molecule has 0 bridgehead atoms. The molecule has 0 spiro atoms. The molecule has 0 saturated heterocycles. The molecule has 0 amide bonds. The zero-order chi connectivity index (χ0) is 11.3. The van der Waals surface area contributed by atoms with Gasteiger partial charge in [0.15, 0.2) is 0 Å². The first-order valence-electron chi connectivity index (χ1n) is 5.38. The Morgan fingerprint density at radius 2 is 2.20 bits per heavy atom. The van der Waals surface area contributed by atoms with Crippen LogP contribution >= 0.6 is 0 Å². The van der Waals surface area contributed by atoms with Crippen molar-refractivity contribution in [2.24, 2.45) is 0 Å². The van der Waals surface area contributed by atoms with Crippen molar-refractivity contribution in [2.75, 3.05) is 6.54 Å². The van der Waals surface area contributed by atoms with Crippen molar-refractivity contribution in [3.63, 3.8) is 0 Å². The lowest BCUT2D eigenvalue weighted by Gasteiger charge is -2.21. The van der Waals surface area contributed by atoms with Gasteiger partial charge in [-0.3, -0.25) is 4.98 Å². The van der Waals surface area contributed by atoms with Gasteiger partial charge in [0.05, 0.1) is 5.60 Å². The first kappa shape index (κ1) is 12.1. The van der Waals surface area contributed by atoms with Gasteiger partial charge in [-0.15, -0.1) is 0 Å². The molecule has 1 rings (SSSR count). The van der Waals surface area contributed by atoms with Crippen LogP contribution in [0.1, 0.15) is 31.5 Å². The van der Waals surface area contributed by atoms with E-state index < -0.39 is 5.60 Å². The molecule has 2 N–H and O–H groups in total. The molecule has 15 heavy (non-hydrogen) atoms. The molecule has 0 aliphatic rings. The van der Waals surface area contributed by atoms with Gasteiger partial charge in [0.25, 0.3) is 0 Å². The van der Waals surface area contributed by atoms with E-state index in [1.54, 1.807) is 0 Å². The molecule has 0 aromatic carbocycles. The number of rotatable bonds is 5. The van der Waals surface area contributed by atoms with Crippen LogP contribution in [-0.4, -0.2) is 22.2 Å². The molecule has 3 nitrogen and oxygen atoms in total. The Balaban J connectivity index is 2.35. The molecule has 1 aromatic heterocycles. The normalized spacial score (nSPS) is 14.9. The minimum atomic E-state index is -0.613. The zero-order valence-electron chi connectivity index (χ0n) is 9.75. The van der Waals surface area contributed by atoms with E-state index in [4.69, 9.17) is 0 Å². The van der Waals surface area contributed by atoms with Crippen LogP contribution in [0.25, 0.3) is 0 Å². The molecule has 0 saturated carbocycles. The summed E-state index contributed by atoms with van der Waals surface area (Å²) < 4.78 is 0. The molecule has 0 fully saturated rings. The fourth-order valence-corrected chi connectivity index (χ4v) is 1.20. The first-order valence-corrected chi connectivity index (χ1v) is 5.38. The molecule has 1 aromatic rings. The van der Waals surface area contributed by atoms with E-state index in [-0.39, 0.29) is 0 Å². The van der Waals surface area contributed by atoms with E-state index in [1.165, 1.54) is 0 Å². The number of aryl methyl sites for hydroxylation is 1. The Morgan fingerprint density at radius 1 is 1.47 bits per heavy atom. The lowest BCUT2D eigenvalue weighted by molar-refractivity contribution is 0.0555. The lowest BCUT2D eigenvalue weighted by Crippen LogP contribution is -2.36. The summed E-state index contributed by atoms with van der Waals surface area (Å²) in [5, 5.41) is 13.0. The van der Waals surface area contributed by atoms with Crippen LogP contribution in [-0.2, 0) is 6.54 Å². The average molecular weight is 208 g/mol. The topological polar surface area (TPSA) is 45.1 Å². The summed E-state index contributed by atoms with van der Waals surface area (Å²) in [6, 6.07) is 4.05. The van der Waals surface area contributed by atoms with E-state index in [2.05, 4.69) is 16.4 Å². The number of hydrogen-bond donors (Lipinski definition) is 2. The first-order chi connectivity index (χ1) is 7.03. The summed E-state index contributed by atoms with van der Waals surface area (Å²) in [6.07, 6.45) is 2.62. The van der Waals surface area contributed by atoms with Crippen LogP contribution < -0.4 is 5.32 Å². The monoisotopic (exact) mass is 208 g/mol. The highest BCUT2D eigenvalue weighted by atomic mass is 16.3. The molecule has 1 unspecified atom stereocenters. The maximum Gasteiger partial charge on any atom is 0.0741 e. The predicted molar refractivity (Wildman–Crippen MR) is 61.6 cm³/mol. The maximum absolute atomic E-state index is 9.77. The fraction of sp³-hybridized carbons (Fsp3) is 0.583. The summed E-state index contributed by atoms with van der Waals surface area (Å²) in [5.41, 5.74) is 1.56. The van der Waals surface area contributed by atoms with Crippen LogP contribution in [0, 0.1) is 6.92 Å². The quantitative estimate of drug-likeness (QED) is 0.773. The highest BCUT2D eigenvalue weighted by Gasteiger charge is 2.15. The number of aromatic nitrogens is 1. The molecular weight excluding hydrogens is 188 g/mol. The Labute approximate surface area is 91.5 Å². The highest BCUT2D eigenvalue weighted by Crippen LogP contribution is 2.06. The van der Waals surface area contributed by atoms with Gasteiger partial charge in [0.1, 0.15) is 0 Å². The zero-order valence-corrected chi connectivity index (χ0v) is 9.75. The minimum absolute atomic E-state index is 0.609. The molecular formula is C12H20N2O. The molecule has 0 aliphatic heterocycles. The Morgan fingerprint density at radius 3 is 2.73 bits per heavy atom. The van der Waals surface area contributed by atoms with E-state index in [0.717, 1.165) is 24.2 Å². The lowest BCUT2D eigenvalue weighted by atomic mass is 10.0. The van der Waals surface area contributed by atoms with Gasteiger partial charge < -0.3 is 10.4 Å². The summed E-state index contributed by atoms with van der Waals surface area (Å²) in [6.45, 7) is 7.16. The summed E-state index contributed by atoms with van der Waals surface area (Å²) in [7, 11) is 0. The van der Waals surface area contributed by atoms with Crippen molar-refractivity contribution in [1.82, 2.24) is 10.3 Å². The average Bonchev–Trinajstić information content (AvgIpc) is 2.21. The second kappa shape index (κ2) is 5.24. The van der Waals surface area contributed by atoms with Gasteiger partial charge in [-0.2, -0.15) is 0 Å².